The average molecular weight is 154 g/mol. The third-order valence-corrected chi connectivity index (χ3v) is 2.01. The molecule has 0 aliphatic carbocycles. The van der Waals surface area contributed by atoms with E-state index in [1.54, 1.807) is 16.8 Å². The van der Waals surface area contributed by atoms with E-state index in [2.05, 4.69) is 18.0 Å². The molecule has 1 aromatic heterocycles. The number of rotatable bonds is 1. The smallest absolute Gasteiger partial charge is 0.0963 e. The SMILES string of the molecule is CC/C=c1/scn/c1=C/N. The molecule has 10 heavy (non-hydrogen) atoms. The molecule has 1 rings (SSSR count). The molecule has 0 atom stereocenters. The highest BCUT2D eigenvalue weighted by Gasteiger charge is 1.83. The second-order valence-corrected chi connectivity index (χ2v) is 2.77. The Morgan fingerprint density at radius 1 is 1.80 bits per heavy atom. The lowest BCUT2D eigenvalue weighted by Crippen LogP contribution is -2.22. The number of hydrogen-bond donors (Lipinski definition) is 1. The van der Waals surface area contributed by atoms with Crippen LogP contribution in [0.15, 0.2) is 5.51 Å². The lowest BCUT2D eigenvalue weighted by atomic mass is 10.4. The van der Waals surface area contributed by atoms with Gasteiger partial charge in [0, 0.05) is 6.20 Å². The molecule has 2 nitrogen and oxygen atoms in total. The first-order chi connectivity index (χ1) is 4.88. The van der Waals surface area contributed by atoms with Gasteiger partial charge in [-0.3, -0.25) is 0 Å². The number of thiazole rings is 1. The van der Waals surface area contributed by atoms with Crippen LogP contribution in [0.2, 0.25) is 0 Å². The lowest BCUT2D eigenvalue weighted by molar-refractivity contribution is 1.26. The van der Waals surface area contributed by atoms with Gasteiger partial charge in [-0.25, -0.2) is 4.98 Å². The van der Waals surface area contributed by atoms with E-state index in [4.69, 9.17) is 5.73 Å². The summed E-state index contributed by atoms with van der Waals surface area (Å²) in [6, 6.07) is 0. The fourth-order valence-electron chi connectivity index (χ4n) is 0.727. The molecule has 3 heteroatoms. The summed E-state index contributed by atoms with van der Waals surface area (Å²) in [7, 11) is 0. The van der Waals surface area contributed by atoms with Crippen molar-refractivity contribution in [2.75, 3.05) is 0 Å². The second kappa shape index (κ2) is 3.37. The van der Waals surface area contributed by atoms with Crippen LogP contribution in [-0.2, 0) is 0 Å². The third kappa shape index (κ3) is 1.36. The highest BCUT2D eigenvalue weighted by Crippen LogP contribution is 1.79. The summed E-state index contributed by atoms with van der Waals surface area (Å²) in [5.41, 5.74) is 7.13. The molecule has 0 spiro atoms. The minimum atomic E-state index is 0.895. The van der Waals surface area contributed by atoms with Crippen LogP contribution in [-0.4, -0.2) is 4.98 Å². The van der Waals surface area contributed by atoms with E-state index in [1.807, 2.05) is 0 Å². The molecule has 0 aliphatic heterocycles. The van der Waals surface area contributed by atoms with Gasteiger partial charge in [-0.2, -0.15) is 0 Å². The maximum atomic E-state index is 5.32. The molecule has 0 saturated heterocycles. The van der Waals surface area contributed by atoms with Gasteiger partial charge in [0.1, 0.15) is 0 Å². The van der Waals surface area contributed by atoms with Crippen LogP contribution in [0, 0.1) is 0 Å². The van der Waals surface area contributed by atoms with Crippen molar-refractivity contribution in [2.45, 2.75) is 13.3 Å². The van der Waals surface area contributed by atoms with E-state index in [-0.39, 0.29) is 0 Å². The summed E-state index contributed by atoms with van der Waals surface area (Å²) in [4.78, 5) is 4.06. The monoisotopic (exact) mass is 154 g/mol. The van der Waals surface area contributed by atoms with Crippen molar-refractivity contribution in [1.29, 1.82) is 0 Å². The van der Waals surface area contributed by atoms with Crippen molar-refractivity contribution in [3.05, 3.63) is 15.4 Å². The molecule has 0 aliphatic rings. The molecule has 0 bridgehead atoms. The molecule has 1 heterocycles. The molecule has 54 valence electrons. The van der Waals surface area contributed by atoms with Crippen molar-refractivity contribution in [1.82, 2.24) is 4.98 Å². The Morgan fingerprint density at radius 2 is 2.60 bits per heavy atom. The van der Waals surface area contributed by atoms with E-state index in [1.165, 1.54) is 10.7 Å². The number of aromatic nitrogens is 1. The summed E-state index contributed by atoms with van der Waals surface area (Å²) in [5.74, 6) is 0. The Labute approximate surface area is 63.7 Å². The van der Waals surface area contributed by atoms with Crippen LogP contribution in [0.1, 0.15) is 13.3 Å². The zero-order valence-electron chi connectivity index (χ0n) is 5.87. The molecule has 0 radical (unpaired) electrons. The van der Waals surface area contributed by atoms with Crippen LogP contribution < -0.4 is 15.6 Å². The van der Waals surface area contributed by atoms with Crippen molar-refractivity contribution in [2.24, 2.45) is 5.73 Å². The summed E-state index contributed by atoms with van der Waals surface area (Å²) in [5, 5.41) is 0.895. The van der Waals surface area contributed by atoms with Crippen molar-refractivity contribution in [3.8, 4) is 0 Å². The molecular weight excluding hydrogens is 144 g/mol. The first-order valence-electron chi connectivity index (χ1n) is 3.20. The van der Waals surface area contributed by atoms with Gasteiger partial charge < -0.3 is 5.73 Å². The van der Waals surface area contributed by atoms with Crippen LogP contribution in [0.3, 0.4) is 0 Å². The van der Waals surface area contributed by atoms with E-state index in [9.17, 15) is 0 Å². The van der Waals surface area contributed by atoms with Crippen LogP contribution in [0.25, 0.3) is 12.3 Å². The van der Waals surface area contributed by atoms with Gasteiger partial charge in [0.2, 0.25) is 0 Å². The first kappa shape index (κ1) is 7.28. The average Bonchev–Trinajstić information content (AvgIpc) is 2.36. The normalized spacial score (nSPS) is 14.5. The number of nitrogens with two attached hydrogens (primary N) is 1. The minimum Gasteiger partial charge on any atom is -0.403 e. The van der Waals surface area contributed by atoms with Gasteiger partial charge in [0.25, 0.3) is 0 Å². The fraction of sp³-hybridized carbons (Fsp3) is 0.286. The van der Waals surface area contributed by atoms with Crippen LogP contribution >= 0.6 is 11.3 Å². The largest absolute Gasteiger partial charge is 0.403 e. The minimum absolute atomic E-state index is 0.895. The summed E-state index contributed by atoms with van der Waals surface area (Å²) < 4.78 is 1.17. The fourth-order valence-corrected chi connectivity index (χ4v) is 1.51. The van der Waals surface area contributed by atoms with Crippen LogP contribution in [0.5, 0.6) is 0 Å². The predicted octanol–water partition coefficient (Wildman–Crippen LogP) is 0.0303. The Hall–Kier alpha value is -0.830. The third-order valence-electron chi connectivity index (χ3n) is 1.17. The van der Waals surface area contributed by atoms with Gasteiger partial charge in [0.05, 0.1) is 15.4 Å². The Morgan fingerprint density at radius 3 is 3.20 bits per heavy atom. The topological polar surface area (TPSA) is 38.9 Å². The molecule has 0 amide bonds. The maximum absolute atomic E-state index is 5.32. The summed E-state index contributed by atoms with van der Waals surface area (Å²) >= 11 is 1.62. The highest BCUT2D eigenvalue weighted by molar-refractivity contribution is 7.07. The second-order valence-electron chi connectivity index (χ2n) is 1.88. The molecule has 0 saturated carbocycles. The maximum Gasteiger partial charge on any atom is 0.0963 e. The molecule has 2 N–H and O–H groups in total. The summed E-state index contributed by atoms with van der Waals surface area (Å²) in [6.07, 6.45) is 4.69. The van der Waals surface area contributed by atoms with Gasteiger partial charge in [-0.1, -0.05) is 13.0 Å². The van der Waals surface area contributed by atoms with Gasteiger partial charge in [-0.15, -0.1) is 11.3 Å². The summed E-state index contributed by atoms with van der Waals surface area (Å²) in [6.45, 7) is 2.10. The molecule has 0 aromatic carbocycles. The number of nitrogens with zero attached hydrogens (tertiary/aromatic N) is 1. The Balaban J connectivity index is 3.28. The molecule has 1 aromatic rings. The van der Waals surface area contributed by atoms with E-state index in [0.29, 0.717) is 0 Å². The van der Waals surface area contributed by atoms with Gasteiger partial charge >= 0.3 is 0 Å². The standard InChI is InChI=1S/C7H10N2S/c1-2-3-7-6(4-8)9-5-10-7/h3-5H,2,8H2,1H3/b6-4+,7-3+. The van der Waals surface area contributed by atoms with Gasteiger partial charge in [-0.05, 0) is 6.42 Å². The highest BCUT2D eigenvalue weighted by atomic mass is 32.1. The Kier molecular flexibility index (Phi) is 2.45. The Bertz CT molecular complexity index is 300. The predicted molar refractivity (Wildman–Crippen MR) is 44.8 cm³/mol. The van der Waals surface area contributed by atoms with E-state index in [0.717, 1.165) is 11.8 Å². The zero-order valence-corrected chi connectivity index (χ0v) is 6.69. The van der Waals surface area contributed by atoms with E-state index >= 15 is 0 Å². The first-order valence-corrected chi connectivity index (χ1v) is 4.08. The molecule has 0 unspecified atom stereocenters. The van der Waals surface area contributed by atoms with Crippen molar-refractivity contribution >= 4 is 23.6 Å². The molecule has 0 fully saturated rings. The molecular formula is C7H10N2S. The van der Waals surface area contributed by atoms with E-state index < -0.39 is 0 Å². The van der Waals surface area contributed by atoms with Crippen molar-refractivity contribution < 1.29 is 0 Å². The van der Waals surface area contributed by atoms with Crippen LogP contribution in [0.4, 0.5) is 0 Å². The quantitative estimate of drug-likeness (QED) is 0.620. The van der Waals surface area contributed by atoms with Gasteiger partial charge in [0.15, 0.2) is 0 Å². The lowest BCUT2D eigenvalue weighted by Gasteiger charge is -1.74. The zero-order chi connectivity index (χ0) is 7.40. The van der Waals surface area contributed by atoms with Crippen molar-refractivity contribution in [3.63, 3.8) is 0 Å². The number of hydrogen-bond acceptors (Lipinski definition) is 3.